The van der Waals surface area contributed by atoms with Crippen LogP contribution in [0.25, 0.3) is 11.2 Å². The topological polar surface area (TPSA) is 48.7 Å². The summed E-state index contributed by atoms with van der Waals surface area (Å²) in [6, 6.07) is 1.60. The van der Waals surface area contributed by atoms with Crippen molar-refractivity contribution in [3.63, 3.8) is 0 Å². The number of fused-ring (bicyclic) bond motifs is 1. The van der Waals surface area contributed by atoms with Crippen LogP contribution < -0.4 is 9.47 Å². The number of esters is 1. The molecular formula is C9H4O4. The van der Waals surface area contributed by atoms with Gasteiger partial charge in [-0.3, -0.25) is 0 Å². The van der Waals surface area contributed by atoms with E-state index < -0.39 is 0 Å². The van der Waals surface area contributed by atoms with Crippen LogP contribution in [0.4, 0.5) is 0 Å². The minimum atomic E-state index is -0.386. The maximum absolute atomic E-state index is 11.1. The zero-order valence-electron chi connectivity index (χ0n) is 6.49. The maximum atomic E-state index is 11.1. The zero-order valence-corrected chi connectivity index (χ0v) is 6.49. The van der Waals surface area contributed by atoms with Crippen molar-refractivity contribution in [2.75, 3.05) is 0 Å². The summed E-state index contributed by atoms with van der Waals surface area (Å²) in [4.78, 5) is 11.1. The van der Waals surface area contributed by atoms with Crippen LogP contribution in [0.3, 0.4) is 0 Å². The number of ether oxygens (including phenoxy) is 2. The van der Waals surface area contributed by atoms with Crippen molar-refractivity contribution >= 4 is 17.1 Å². The minimum Gasteiger partial charge on any atom is -0.458 e. The first kappa shape index (κ1) is 6.54. The van der Waals surface area contributed by atoms with Crippen molar-refractivity contribution in [3.8, 4) is 11.5 Å². The first-order chi connectivity index (χ1) is 6.31. The van der Waals surface area contributed by atoms with Gasteiger partial charge in [0.15, 0.2) is 11.2 Å². The fourth-order valence-electron chi connectivity index (χ4n) is 1.47. The molecule has 64 valence electrons. The SMILES string of the molecule is C=COc1c2c3oc1cc3C(=O)O2. The van der Waals surface area contributed by atoms with Gasteiger partial charge in [0, 0.05) is 6.07 Å². The lowest BCUT2D eigenvalue weighted by atomic mass is 10.2. The number of hydrogen-bond acceptors (Lipinski definition) is 4. The van der Waals surface area contributed by atoms with Gasteiger partial charge in [-0.25, -0.2) is 4.79 Å². The van der Waals surface area contributed by atoms with Gasteiger partial charge in [0.2, 0.25) is 11.5 Å². The molecule has 3 rings (SSSR count). The molecule has 4 nitrogen and oxygen atoms in total. The molecule has 0 aliphatic carbocycles. The van der Waals surface area contributed by atoms with Crippen molar-refractivity contribution in [1.82, 2.24) is 0 Å². The summed E-state index contributed by atoms with van der Waals surface area (Å²) in [5.41, 5.74) is 1.46. The van der Waals surface area contributed by atoms with Crippen molar-refractivity contribution < 1.29 is 18.7 Å². The second-order valence-electron chi connectivity index (χ2n) is 2.69. The van der Waals surface area contributed by atoms with E-state index in [1.165, 1.54) is 6.26 Å². The third-order valence-corrected chi connectivity index (χ3v) is 1.98. The summed E-state index contributed by atoms with van der Waals surface area (Å²) in [5, 5.41) is 0. The molecule has 0 atom stereocenters. The lowest BCUT2D eigenvalue weighted by Gasteiger charge is -1.96. The molecule has 2 aromatic rings. The van der Waals surface area contributed by atoms with Crippen LogP contribution >= 0.6 is 0 Å². The summed E-state index contributed by atoms with van der Waals surface area (Å²) >= 11 is 0. The number of carbonyl (C=O) groups excluding carboxylic acids is 1. The third kappa shape index (κ3) is 0.593. The molecule has 0 aromatic carbocycles. The molecule has 1 aliphatic heterocycles. The lowest BCUT2D eigenvalue weighted by Crippen LogP contribution is -1.99. The third-order valence-electron chi connectivity index (χ3n) is 1.98. The quantitative estimate of drug-likeness (QED) is 0.518. The fourth-order valence-corrected chi connectivity index (χ4v) is 1.47. The molecule has 2 aromatic heterocycles. The van der Waals surface area contributed by atoms with Gasteiger partial charge in [-0.1, -0.05) is 6.58 Å². The molecule has 1 aliphatic rings. The Bertz CT molecular complexity index is 508. The van der Waals surface area contributed by atoms with Gasteiger partial charge in [-0.15, -0.1) is 0 Å². The number of rotatable bonds is 2. The number of carbonyl (C=O) groups is 1. The second-order valence-corrected chi connectivity index (χ2v) is 2.69. The van der Waals surface area contributed by atoms with Gasteiger partial charge >= 0.3 is 5.97 Å². The molecule has 0 N–H and O–H groups in total. The first-order valence-corrected chi connectivity index (χ1v) is 3.70. The van der Waals surface area contributed by atoms with E-state index in [0.29, 0.717) is 28.2 Å². The average Bonchev–Trinajstić information content (AvgIpc) is 2.69. The predicted octanol–water partition coefficient (Wildman–Crippen LogP) is 1.93. The zero-order chi connectivity index (χ0) is 9.00. The fraction of sp³-hybridized carbons (Fsp3) is 0. The molecule has 0 unspecified atom stereocenters. The highest BCUT2D eigenvalue weighted by Gasteiger charge is 2.35. The maximum Gasteiger partial charge on any atom is 0.347 e. The van der Waals surface area contributed by atoms with Crippen LogP contribution in [0.2, 0.25) is 0 Å². The molecule has 0 spiro atoms. The van der Waals surface area contributed by atoms with Crippen LogP contribution in [0.15, 0.2) is 23.3 Å². The molecule has 3 heterocycles. The monoisotopic (exact) mass is 176 g/mol. The Morgan fingerprint density at radius 3 is 3.15 bits per heavy atom. The number of furan rings is 2. The smallest absolute Gasteiger partial charge is 0.347 e. The van der Waals surface area contributed by atoms with Crippen molar-refractivity contribution in [3.05, 3.63) is 24.5 Å². The highest BCUT2D eigenvalue weighted by atomic mass is 16.6. The van der Waals surface area contributed by atoms with Crippen LogP contribution in [-0.4, -0.2) is 5.97 Å². The summed E-state index contributed by atoms with van der Waals surface area (Å²) in [7, 11) is 0. The molecule has 0 amide bonds. The molecule has 0 fully saturated rings. The molecule has 0 radical (unpaired) electrons. The van der Waals surface area contributed by atoms with E-state index in [4.69, 9.17) is 13.9 Å². The van der Waals surface area contributed by atoms with Gasteiger partial charge in [0.25, 0.3) is 0 Å². The summed E-state index contributed by atoms with van der Waals surface area (Å²) < 4.78 is 15.2. The second kappa shape index (κ2) is 1.85. The van der Waals surface area contributed by atoms with E-state index in [1.54, 1.807) is 6.07 Å². The standard InChI is InChI=1S/C9H4O4/c1-2-11-7-5-3-4-6(12-5)8(7)13-9(4)10/h2-3H,1H2. The highest BCUT2D eigenvalue weighted by molar-refractivity contribution is 6.10. The van der Waals surface area contributed by atoms with E-state index in [1.807, 2.05) is 0 Å². The normalized spacial score (nSPS) is 13.7. The number of hydrogen-bond donors (Lipinski definition) is 0. The van der Waals surface area contributed by atoms with Crippen molar-refractivity contribution in [2.24, 2.45) is 0 Å². The van der Waals surface area contributed by atoms with Gasteiger partial charge in [-0.2, -0.15) is 0 Å². The van der Waals surface area contributed by atoms with Crippen LogP contribution in [0.1, 0.15) is 10.4 Å². The molecule has 4 heteroatoms. The van der Waals surface area contributed by atoms with Crippen LogP contribution in [-0.2, 0) is 0 Å². The molecule has 13 heavy (non-hydrogen) atoms. The Morgan fingerprint density at radius 1 is 1.54 bits per heavy atom. The van der Waals surface area contributed by atoms with E-state index in [-0.39, 0.29) is 5.97 Å². The predicted molar refractivity (Wildman–Crippen MR) is 43.2 cm³/mol. The Morgan fingerprint density at radius 2 is 2.38 bits per heavy atom. The van der Waals surface area contributed by atoms with Crippen LogP contribution in [0, 0.1) is 0 Å². The summed E-state index contributed by atoms with van der Waals surface area (Å²) in [6.07, 6.45) is 1.26. The minimum absolute atomic E-state index is 0.373. The summed E-state index contributed by atoms with van der Waals surface area (Å²) in [5.74, 6) is 0.416. The van der Waals surface area contributed by atoms with E-state index in [9.17, 15) is 4.79 Å². The summed E-state index contributed by atoms with van der Waals surface area (Å²) in [6.45, 7) is 3.41. The van der Waals surface area contributed by atoms with Crippen molar-refractivity contribution in [2.45, 2.75) is 0 Å². The highest BCUT2D eigenvalue weighted by Crippen LogP contribution is 2.48. The first-order valence-electron chi connectivity index (χ1n) is 3.70. The van der Waals surface area contributed by atoms with Gasteiger partial charge < -0.3 is 13.9 Å². The van der Waals surface area contributed by atoms with Gasteiger partial charge in [-0.05, 0) is 0 Å². The number of benzene rings is 1. The van der Waals surface area contributed by atoms with Gasteiger partial charge in [0.05, 0.1) is 6.26 Å². The van der Waals surface area contributed by atoms with E-state index >= 15 is 0 Å². The lowest BCUT2D eigenvalue weighted by molar-refractivity contribution is 0.0752. The van der Waals surface area contributed by atoms with E-state index in [2.05, 4.69) is 6.58 Å². The largest absolute Gasteiger partial charge is 0.458 e. The molecular weight excluding hydrogens is 172 g/mol. The van der Waals surface area contributed by atoms with Gasteiger partial charge in [0.1, 0.15) is 5.56 Å². The Hall–Kier alpha value is -1.97. The Kier molecular flexibility index (Phi) is 0.930. The van der Waals surface area contributed by atoms with E-state index in [0.717, 1.165) is 0 Å². The van der Waals surface area contributed by atoms with Crippen molar-refractivity contribution in [1.29, 1.82) is 0 Å². The molecule has 2 bridgehead atoms. The average molecular weight is 176 g/mol. The molecule has 0 saturated carbocycles. The van der Waals surface area contributed by atoms with Crippen LogP contribution in [0.5, 0.6) is 11.5 Å². The Labute approximate surface area is 72.7 Å². The molecule has 0 saturated heterocycles. The Balaban J connectivity index is 2.32.